The fraction of sp³-hybridized carbons (Fsp3) is 0.0714. The normalized spacial score (nSPS) is 12.7. The van der Waals surface area contributed by atoms with Crippen molar-refractivity contribution in [3.8, 4) is 12.3 Å². The molecule has 1 aromatic carbocycles. The number of para-hydroxylation sites is 1. The number of thiazole rings is 1. The second-order valence-corrected chi connectivity index (χ2v) is 8.94. The molecule has 0 bridgehead atoms. The molecule has 0 radical (unpaired) electrons. The van der Waals surface area contributed by atoms with Gasteiger partial charge in [-0.3, -0.25) is 0 Å². The standard InChI is InChI=1S/C14H8ClFN2O2S3/c1-2-8-18-13-9(16)4-3-5-10(13)21-14(18)17-23(19,20)12-7-6-11(15)22-12/h1,3-7H,8H2. The van der Waals surface area contributed by atoms with E-state index in [0.29, 0.717) is 9.04 Å². The predicted molar refractivity (Wildman–Crippen MR) is 90.7 cm³/mol. The molecule has 118 valence electrons. The predicted octanol–water partition coefficient (Wildman–Crippen LogP) is 3.48. The maximum absolute atomic E-state index is 14.1. The van der Waals surface area contributed by atoms with Crippen LogP contribution in [-0.4, -0.2) is 13.0 Å². The Labute approximate surface area is 144 Å². The number of hydrogen-bond donors (Lipinski definition) is 0. The van der Waals surface area contributed by atoms with E-state index in [1.807, 2.05) is 0 Å². The van der Waals surface area contributed by atoms with Crippen LogP contribution in [0.4, 0.5) is 4.39 Å². The minimum atomic E-state index is -3.94. The highest BCUT2D eigenvalue weighted by molar-refractivity contribution is 7.92. The molecule has 2 aromatic heterocycles. The fourth-order valence-corrected chi connectivity index (χ4v) is 5.69. The second-order valence-electron chi connectivity index (χ2n) is 4.39. The van der Waals surface area contributed by atoms with E-state index < -0.39 is 15.8 Å². The van der Waals surface area contributed by atoms with Gasteiger partial charge in [-0.15, -0.1) is 22.2 Å². The van der Waals surface area contributed by atoms with E-state index in [1.165, 1.54) is 22.8 Å². The van der Waals surface area contributed by atoms with E-state index in [9.17, 15) is 12.8 Å². The van der Waals surface area contributed by atoms with Gasteiger partial charge in [-0.2, -0.15) is 8.42 Å². The van der Waals surface area contributed by atoms with Gasteiger partial charge in [0.25, 0.3) is 10.0 Å². The zero-order valence-corrected chi connectivity index (χ0v) is 14.6. The minimum absolute atomic E-state index is 0.0144. The van der Waals surface area contributed by atoms with Crippen molar-refractivity contribution in [2.45, 2.75) is 10.8 Å². The van der Waals surface area contributed by atoms with Crippen LogP contribution in [0.25, 0.3) is 10.2 Å². The third-order valence-electron chi connectivity index (χ3n) is 2.90. The van der Waals surface area contributed by atoms with Crippen LogP contribution >= 0.6 is 34.3 Å². The smallest absolute Gasteiger partial charge is 0.294 e. The van der Waals surface area contributed by atoms with Crippen molar-refractivity contribution in [1.29, 1.82) is 0 Å². The molecule has 0 atom stereocenters. The highest BCUT2D eigenvalue weighted by Gasteiger charge is 2.17. The molecule has 0 aliphatic rings. The molecule has 3 aromatic rings. The van der Waals surface area contributed by atoms with Crippen LogP contribution < -0.4 is 4.80 Å². The van der Waals surface area contributed by atoms with Gasteiger partial charge in [0, 0.05) is 0 Å². The van der Waals surface area contributed by atoms with Gasteiger partial charge in [-0.25, -0.2) is 4.39 Å². The van der Waals surface area contributed by atoms with Gasteiger partial charge >= 0.3 is 0 Å². The van der Waals surface area contributed by atoms with E-state index >= 15 is 0 Å². The molecule has 0 aliphatic heterocycles. The van der Waals surface area contributed by atoms with Crippen LogP contribution in [0.15, 0.2) is 38.9 Å². The molecule has 0 spiro atoms. The maximum Gasteiger partial charge on any atom is 0.294 e. The quantitative estimate of drug-likeness (QED) is 0.647. The molecule has 0 saturated carbocycles. The van der Waals surface area contributed by atoms with Gasteiger partial charge in [-0.1, -0.05) is 34.9 Å². The topological polar surface area (TPSA) is 51.4 Å². The van der Waals surface area contributed by atoms with Crippen molar-refractivity contribution in [2.75, 3.05) is 0 Å². The molecule has 0 unspecified atom stereocenters. The number of nitrogens with zero attached hydrogens (tertiary/aromatic N) is 2. The van der Waals surface area contributed by atoms with Crippen molar-refractivity contribution in [3.05, 3.63) is 45.3 Å². The van der Waals surface area contributed by atoms with Crippen LogP contribution in [0.2, 0.25) is 4.34 Å². The number of aromatic nitrogens is 1. The number of sulfonamides is 1. The van der Waals surface area contributed by atoms with Gasteiger partial charge in [0.15, 0.2) is 0 Å². The number of thiophene rings is 1. The summed E-state index contributed by atoms with van der Waals surface area (Å²) in [5.74, 6) is 1.91. The van der Waals surface area contributed by atoms with Crippen LogP contribution in [0, 0.1) is 18.2 Å². The summed E-state index contributed by atoms with van der Waals surface area (Å²) in [5.41, 5.74) is 0.244. The third-order valence-corrected chi connectivity index (χ3v) is 7.03. The molecular weight excluding hydrogens is 379 g/mol. The van der Waals surface area contributed by atoms with Gasteiger partial charge in [0.1, 0.15) is 10.0 Å². The Hall–Kier alpha value is -1.66. The molecule has 0 N–H and O–H groups in total. The minimum Gasteiger partial charge on any atom is -0.302 e. The van der Waals surface area contributed by atoms with Crippen molar-refractivity contribution in [2.24, 2.45) is 4.40 Å². The summed E-state index contributed by atoms with van der Waals surface area (Å²) < 4.78 is 44.9. The summed E-state index contributed by atoms with van der Waals surface area (Å²) in [6.45, 7) is 0.0144. The van der Waals surface area contributed by atoms with Crippen LogP contribution in [0.5, 0.6) is 0 Å². The maximum atomic E-state index is 14.1. The Bertz CT molecular complexity index is 1100. The highest BCUT2D eigenvalue weighted by atomic mass is 35.5. The lowest BCUT2D eigenvalue weighted by Gasteiger charge is -2.00. The van der Waals surface area contributed by atoms with E-state index in [4.69, 9.17) is 18.0 Å². The number of rotatable bonds is 3. The highest BCUT2D eigenvalue weighted by Crippen LogP contribution is 2.27. The molecular formula is C14H8ClFN2O2S3. The van der Waals surface area contributed by atoms with Gasteiger partial charge in [0.2, 0.25) is 4.80 Å². The first-order valence-corrected chi connectivity index (χ1v) is 9.65. The number of fused-ring (bicyclic) bond motifs is 1. The molecule has 0 saturated heterocycles. The lowest BCUT2D eigenvalue weighted by molar-refractivity contribution is 0.597. The summed E-state index contributed by atoms with van der Waals surface area (Å²) in [5, 5.41) is 0. The second kappa shape index (κ2) is 6.09. The third kappa shape index (κ3) is 3.05. The van der Waals surface area contributed by atoms with E-state index in [1.54, 1.807) is 12.1 Å². The molecule has 4 nitrogen and oxygen atoms in total. The average molecular weight is 387 g/mol. The lowest BCUT2D eigenvalue weighted by atomic mass is 10.3. The summed E-state index contributed by atoms with van der Waals surface area (Å²) in [6.07, 6.45) is 5.31. The molecule has 2 heterocycles. The first-order valence-electron chi connectivity index (χ1n) is 6.20. The molecule has 9 heteroatoms. The van der Waals surface area contributed by atoms with E-state index in [2.05, 4.69) is 10.3 Å². The zero-order chi connectivity index (χ0) is 16.6. The zero-order valence-electron chi connectivity index (χ0n) is 11.4. The van der Waals surface area contributed by atoms with Crippen LogP contribution in [-0.2, 0) is 16.6 Å². The van der Waals surface area contributed by atoms with E-state index in [0.717, 1.165) is 22.7 Å². The average Bonchev–Trinajstić information content (AvgIpc) is 3.05. The Morgan fingerprint density at radius 1 is 1.30 bits per heavy atom. The molecule has 23 heavy (non-hydrogen) atoms. The van der Waals surface area contributed by atoms with Crippen LogP contribution in [0.3, 0.4) is 0 Å². The van der Waals surface area contributed by atoms with Gasteiger partial charge in [0.05, 0.1) is 21.1 Å². The van der Waals surface area contributed by atoms with Crippen molar-refractivity contribution < 1.29 is 12.8 Å². The Morgan fingerprint density at radius 2 is 2.09 bits per heavy atom. The van der Waals surface area contributed by atoms with Crippen molar-refractivity contribution >= 4 is 54.5 Å². The monoisotopic (exact) mass is 386 g/mol. The first kappa shape index (κ1) is 16.2. The fourth-order valence-electron chi connectivity index (χ4n) is 1.98. The molecule has 0 fully saturated rings. The lowest BCUT2D eigenvalue weighted by Crippen LogP contribution is -2.17. The van der Waals surface area contributed by atoms with Crippen LogP contribution in [0.1, 0.15) is 0 Å². The molecule has 3 rings (SSSR count). The number of halogens is 2. The number of hydrogen-bond acceptors (Lipinski definition) is 4. The number of benzene rings is 1. The van der Waals surface area contributed by atoms with Gasteiger partial charge in [-0.05, 0) is 24.3 Å². The van der Waals surface area contributed by atoms with Gasteiger partial charge < -0.3 is 4.57 Å². The van der Waals surface area contributed by atoms with Crippen molar-refractivity contribution in [1.82, 2.24) is 4.57 Å². The summed E-state index contributed by atoms with van der Waals surface area (Å²) in [7, 11) is -3.94. The largest absolute Gasteiger partial charge is 0.302 e. The Kier molecular flexibility index (Phi) is 4.29. The Balaban J connectivity index is 2.29. The number of terminal acetylenes is 1. The Morgan fingerprint density at radius 3 is 2.74 bits per heavy atom. The summed E-state index contributed by atoms with van der Waals surface area (Å²) in [4.78, 5) is 0.118. The molecule has 0 amide bonds. The summed E-state index contributed by atoms with van der Waals surface area (Å²) in [6, 6.07) is 7.38. The van der Waals surface area contributed by atoms with E-state index in [-0.39, 0.29) is 21.1 Å². The first-order chi connectivity index (χ1) is 10.9. The summed E-state index contributed by atoms with van der Waals surface area (Å²) >= 11 is 7.74. The molecule has 0 aliphatic carbocycles. The van der Waals surface area contributed by atoms with Crippen molar-refractivity contribution in [3.63, 3.8) is 0 Å². The SMILES string of the molecule is C#CCn1c(=NS(=O)(=O)c2ccc(Cl)s2)sc2cccc(F)c21.